The fourth-order valence-electron chi connectivity index (χ4n) is 2.85. The Morgan fingerprint density at radius 3 is 2.42 bits per heavy atom. The van der Waals surface area contributed by atoms with Gasteiger partial charge >= 0.3 is 0 Å². The van der Waals surface area contributed by atoms with Crippen molar-refractivity contribution >= 4 is 23.1 Å². The van der Waals surface area contributed by atoms with Crippen LogP contribution in [0.1, 0.15) is 23.7 Å². The highest BCUT2D eigenvalue weighted by Gasteiger charge is 2.09. The number of pyridine rings is 1. The van der Waals surface area contributed by atoms with Crippen molar-refractivity contribution in [1.29, 1.82) is 0 Å². The van der Waals surface area contributed by atoms with E-state index in [1.807, 2.05) is 37.3 Å². The van der Waals surface area contributed by atoms with E-state index >= 15 is 0 Å². The van der Waals surface area contributed by atoms with Crippen LogP contribution < -0.4 is 9.47 Å². The van der Waals surface area contributed by atoms with Crippen LogP contribution in [-0.2, 0) is 6.42 Å². The lowest BCUT2D eigenvalue weighted by atomic mass is 10.0. The Balaban J connectivity index is 2.04. The van der Waals surface area contributed by atoms with Gasteiger partial charge in [-0.3, -0.25) is 0 Å². The van der Waals surface area contributed by atoms with Crippen molar-refractivity contribution in [2.45, 2.75) is 20.3 Å². The number of hydrogen-bond donors (Lipinski definition) is 1. The third-order valence-corrected chi connectivity index (χ3v) is 4.60. The van der Waals surface area contributed by atoms with Gasteiger partial charge in [0.2, 0.25) is 0 Å². The van der Waals surface area contributed by atoms with Crippen molar-refractivity contribution in [1.82, 2.24) is 4.98 Å². The average Bonchev–Trinajstić information content (AvgIpc) is 2.60. The van der Waals surface area contributed by atoms with Crippen LogP contribution in [0.5, 0.6) is 11.5 Å². The molecule has 0 unspecified atom stereocenters. The van der Waals surface area contributed by atoms with E-state index < -0.39 is 0 Å². The fraction of sp³-hybridized carbons (Fsp3) is 0.250. The first-order chi connectivity index (χ1) is 11.6. The Labute approximate surface area is 147 Å². The third-order valence-electron chi connectivity index (χ3n) is 4.14. The largest absolute Gasteiger partial charge is 0.497 e. The third kappa shape index (κ3) is 3.29. The number of aromatic nitrogens is 1. The SMILES string of the molecule is CCOc1ccc2[nH]c(C)c(Cc3ccc(OC)cc3)c(=S)c2c1. The van der Waals surface area contributed by atoms with Crippen LogP contribution in [0, 0.1) is 11.4 Å². The molecule has 124 valence electrons. The molecule has 0 bridgehead atoms. The number of hydrogen-bond acceptors (Lipinski definition) is 3. The van der Waals surface area contributed by atoms with Gasteiger partial charge in [-0.2, -0.15) is 0 Å². The van der Waals surface area contributed by atoms with Gasteiger partial charge in [0.1, 0.15) is 11.5 Å². The first kappa shape index (κ1) is 16.5. The minimum absolute atomic E-state index is 0.645. The van der Waals surface area contributed by atoms with Gasteiger partial charge in [-0.15, -0.1) is 0 Å². The second-order valence-corrected chi connectivity index (χ2v) is 6.13. The number of H-pyrrole nitrogens is 1. The number of aryl methyl sites for hydroxylation is 1. The highest BCUT2D eigenvalue weighted by Crippen LogP contribution is 2.26. The van der Waals surface area contributed by atoms with Crippen LogP contribution >= 0.6 is 12.2 Å². The molecule has 3 nitrogen and oxygen atoms in total. The molecule has 0 saturated carbocycles. The molecule has 2 aromatic carbocycles. The van der Waals surface area contributed by atoms with Crippen molar-refractivity contribution in [3.8, 4) is 11.5 Å². The molecule has 1 N–H and O–H groups in total. The Hall–Kier alpha value is -2.33. The smallest absolute Gasteiger partial charge is 0.120 e. The summed E-state index contributed by atoms with van der Waals surface area (Å²) in [6.07, 6.45) is 0.792. The first-order valence-electron chi connectivity index (χ1n) is 8.03. The molecule has 1 heterocycles. The predicted molar refractivity (Wildman–Crippen MR) is 101 cm³/mol. The van der Waals surface area contributed by atoms with Gasteiger partial charge in [-0.1, -0.05) is 24.4 Å². The van der Waals surface area contributed by atoms with E-state index in [-0.39, 0.29) is 0 Å². The van der Waals surface area contributed by atoms with Crippen molar-refractivity contribution in [3.63, 3.8) is 0 Å². The Morgan fingerprint density at radius 1 is 1.04 bits per heavy atom. The summed E-state index contributed by atoms with van der Waals surface area (Å²) in [5.41, 5.74) is 4.50. The zero-order valence-electron chi connectivity index (χ0n) is 14.2. The first-order valence-corrected chi connectivity index (χ1v) is 8.44. The maximum absolute atomic E-state index is 5.77. The van der Waals surface area contributed by atoms with Gasteiger partial charge in [0.25, 0.3) is 0 Å². The molecule has 3 aromatic rings. The molecular weight excluding hydrogens is 318 g/mol. The number of methoxy groups -OCH3 is 1. The zero-order chi connectivity index (χ0) is 17.1. The standard InChI is InChI=1S/C20H21NO2S/c1-4-23-16-9-10-19-18(12-16)20(24)17(13(2)21-19)11-14-5-7-15(22-3)8-6-14/h5-10,12H,4,11H2,1-3H3,(H,21,24). The summed E-state index contributed by atoms with van der Waals surface area (Å²) >= 11 is 5.77. The molecular formula is C20H21NO2S. The molecule has 0 radical (unpaired) electrons. The topological polar surface area (TPSA) is 34.2 Å². The van der Waals surface area contributed by atoms with Crippen molar-refractivity contribution < 1.29 is 9.47 Å². The van der Waals surface area contributed by atoms with Gasteiger partial charge in [0.15, 0.2) is 0 Å². The average molecular weight is 339 g/mol. The van der Waals surface area contributed by atoms with E-state index in [9.17, 15) is 0 Å². The van der Waals surface area contributed by atoms with Gasteiger partial charge in [-0.05, 0) is 55.3 Å². The van der Waals surface area contributed by atoms with E-state index in [1.54, 1.807) is 7.11 Å². The molecule has 4 heteroatoms. The minimum atomic E-state index is 0.645. The lowest BCUT2D eigenvalue weighted by Gasteiger charge is -2.12. The van der Waals surface area contributed by atoms with E-state index in [1.165, 1.54) is 5.56 Å². The number of ether oxygens (including phenoxy) is 2. The number of nitrogens with one attached hydrogen (secondary N) is 1. The normalized spacial score (nSPS) is 10.8. The molecule has 0 saturated heterocycles. The minimum Gasteiger partial charge on any atom is -0.497 e. The van der Waals surface area contributed by atoms with Crippen LogP contribution in [0.2, 0.25) is 0 Å². The van der Waals surface area contributed by atoms with Gasteiger partial charge in [-0.25, -0.2) is 0 Å². The lowest BCUT2D eigenvalue weighted by molar-refractivity contribution is 0.340. The van der Waals surface area contributed by atoms with E-state index in [0.717, 1.165) is 44.6 Å². The fourth-order valence-corrected chi connectivity index (χ4v) is 3.24. The van der Waals surface area contributed by atoms with Crippen molar-refractivity contribution in [2.75, 3.05) is 13.7 Å². The molecule has 0 aliphatic rings. The second-order valence-electron chi connectivity index (χ2n) is 5.72. The predicted octanol–water partition coefficient (Wildman–Crippen LogP) is 5.20. The van der Waals surface area contributed by atoms with Gasteiger partial charge in [0.05, 0.1) is 18.2 Å². The van der Waals surface area contributed by atoms with E-state index in [4.69, 9.17) is 21.7 Å². The summed E-state index contributed by atoms with van der Waals surface area (Å²) < 4.78 is 11.7. The maximum Gasteiger partial charge on any atom is 0.120 e. The zero-order valence-corrected chi connectivity index (χ0v) is 15.0. The van der Waals surface area contributed by atoms with Crippen LogP contribution in [0.3, 0.4) is 0 Å². The van der Waals surface area contributed by atoms with Crippen LogP contribution in [0.15, 0.2) is 42.5 Å². The Bertz CT molecular complexity index is 913. The van der Waals surface area contributed by atoms with Gasteiger partial charge < -0.3 is 14.5 Å². The maximum atomic E-state index is 5.77. The Kier molecular flexibility index (Phi) is 4.86. The molecule has 3 rings (SSSR count). The van der Waals surface area contributed by atoms with Crippen molar-refractivity contribution in [2.24, 2.45) is 0 Å². The molecule has 0 amide bonds. The van der Waals surface area contributed by atoms with Gasteiger partial charge in [0, 0.05) is 23.0 Å². The number of fused-ring (bicyclic) bond motifs is 1. The molecule has 0 aliphatic carbocycles. The molecule has 24 heavy (non-hydrogen) atoms. The molecule has 0 aliphatic heterocycles. The molecule has 1 aromatic heterocycles. The van der Waals surface area contributed by atoms with Crippen LogP contribution in [-0.4, -0.2) is 18.7 Å². The molecule has 0 spiro atoms. The lowest BCUT2D eigenvalue weighted by Crippen LogP contribution is -1.98. The van der Waals surface area contributed by atoms with Crippen molar-refractivity contribution in [3.05, 3.63) is 63.8 Å². The highest BCUT2D eigenvalue weighted by atomic mass is 32.1. The summed E-state index contributed by atoms with van der Waals surface area (Å²) in [6, 6.07) is 14.1. The second kappa shape index (κ2) is 7.05. The Morgan fingerprint density at radius 2 is 1.75 bits per heavy atom. The summed E-state index contributed by atoms with van der Waals surface area (Å²) in [5.74, 6) is 1.71. The van der Waals surface area contributed by atoms with E-state index in [2.05, 4.69) is 24.0 Å². The van der Waals surface area contributed by atoms with Crippen LogP contribution in [0.25, 0.3) is 10.9 Å². The number of benzene rings is 2. The molecule has 0 atom stereocenters. The summed E-state index contributed by atoms with van der Waals surface area (Å²) in [6.45, 7) is 4.70. The quantitative estimate of drug-likeness (QED) is 0.648. The number of rotatable bonds is 5. The summed E-state index contributed by atoms with van der Waals surface area (Å²) in [5, 5.41) is 1.03. The number of aromatic amines is 1. The highest BCUT2D eigenvalue weighted by molar-refractivity contribution is 7.71. The summed E-state index contributed by atoms with van der Waals surface area (Å²) in [4.78, 5) is 3.46. The molecule has 0 fully saturated rings. The van der Waals surface area contributed by atoms with E-state index in [0.29, 0.717) is 6.61 Å². The summed E-state index contributed by atoms with van der Waals surface area (Å²) in [7, 11) is 1.68. The van der Waals surface area contributed by atoms with Crippen LogP contribution in [0.4, 0.5) is 0 Å². The monoisotopic (exact) mass is 339 g/mol.